The third-order valence-electron chi connectivity index (χ3n) is 6.36. The van der Waals surface area contributed by atoms with E-state index >= 15 is 0 Å². The quantitative estimate of drug-likeness (QED) is 0.652. The van der Waals surface area contributed by atoms with Crippen LogP contribution in [0.4, 0.5) is 0 Å². The average molecular weight is 424 g/mol. The van der Waals surface area contributed by atoms with E-state index in [2.05, 4.69) is 4.57 Å². The van der Waals surface area contributed by atoms with Gasteiger partial charge in [-0.2, -0.15) is 0 Å². The number of nitrogens with two attached hydrogens (primary N) is 1. The molecule has 3 atom stereocenters. The highest BCUT2D eigenvalue weighted by atomic mass is 35.5. The molecule has 0 spiro atoms. The molecule has 2 aromatic carbocycles. The molecule has 0 aliphatic carbocycles. The summed E-state index contributed by atoms with van der Waals surface area (Å²) in [4.78, 5) is 27.3. The number of halogens is 1. The van der Waals surface area contributed by atoms with E-state index in [-0.39, 0.29) is 11.8 Å². The van der Waals surface area contributed by atoms with Crippen molar-refractivity contribution in [1.29, 1.82) is 0 Å². The first-order chi connectivity index (χ1) is 14.4. The van der Waals surface area contributed by atoms with Gasteiger partial charge in [-0.1, -0.05) is 35.9 Å². The molecule has 2 N–H and O–H groups in total. The van der Waals surface area contributed by atoms with Crippen molar-refractivity contribution in [3.8, 4) is 5.75 Å². The van der Waals surface area contributed by atoms with Crippen LogP contribution in [0.1, 0.15) is 24.8 Å². The molecule has 2 aliphatic heterocycles. The molecule has 3 aromatic rings. The Morgan fingerprint density at radius 2 is 2.03 bits per heavy atom. The zero-order valence-electron chi connectivity index (χ0n) is 16.5. The number of rotatable bonds is 4. The van der Waals surface area contributed by atoms with Crippen molar-refractivity contribution in [2.45, 2.75) is 31.5 Å². The summed E-state index contributed by atoms with van der Waals surface area (Å²) in [6.07, 6.45) is 2.50. The fourth-order valence-electron chi connectivity index (χ4n) is 4.94. The number of ether oxygens (including phenoxy) is 1. The zero-order chi connectivity index (χ0) is 21.0. The lowest BCUT2D eigenvalue weighted by molar-refractivity contribution is -0.175. The number of piperidine rings is 1. The van der Waals surface area contributed by atoms with Gasteiger partial charge in [-0.3, -0.25) is 9.59 Å². The van der Waals surface area contributed by atoms with E-state index in [1.807, 2.05) is 61.7 Å². The molecule has 30 heavy (non-hydrogen) atoms. The fraction of sp³-hybridized carbons (Fsp3) is 0.304. The van der Waals surface area contributed by atoms with E-state index in [9.17, 15) is 9.59 Å². The van der Waals surface area contributed by atoms with Crippen molar-refractivity contribution < 1.29 is 14.3 Å². The van der Waals surface area contributed by atoms with Crippen LogP contribution in [0.25, 0.3) is 10.9 Å². The van der Waals surface area contributed by atoms with Crippen molar-refractivity contribution in [3.05, 3.63) is 65.3 Å². The summed E-state index contributed by atoms with van der Waals surface area (Å²) in [6, 6.07) is 15.3. The standard InChI is InChI=1S/C23H22ClN3O3/c1-23-13-17(16-4-2-3-5-19(16)30-23)20(21(25)28)22(29)27(23)11-10-26-9-8-14-6-7-15(24)12-18(14)26/h2-9,12,17,20H,10-11,13H2,1H3,(H2,25,28). The molecule has 7 heteroatoms. The third-order valence-corrected chi connectivity index (χ3v) is 6.59. The van der Waals surface area contributed by atoms with Crippen LogP contribution < -0.4 is 10.5 Å². The number of carbonyl (C=O) groups is 2. The highest BCUT2D eigenvalue weighted by Gasteiger charge is 2.55. The van der Waals surface area contributed by atoms with E-state index in [1.54, 1.807) is 4.90 Å². The maximum atomic E-state index is 13.4. The normalized spacial score (nSPS) is 25.1. The van der Waals surface area contributed by atoms with Crippen LogP contribution in [0.5, 0.6) is 5.75 Å². The lowest BCUT2D eigenvalue weighted by Gasteiger charge is -2.52. The van der Waals surface area contributed by atoms with E-state index in [0.29, 0.717) is 30.3 Å². The maximum absolute atomic E-state index is 13.4. The number of carbonyl (C=O) groups excluding carboxylic acids is 2. The molecule has 6 nitrogen and oxygen atoms in total. The minimum Gasteiger partial charge on any atom is -0.468 e. The van der Waals surface area contributed by atoms with Crippen LogP contribution in [-0.2, 0) is 16.1 Å². The number of fused-ring (bicyclic) bond motifs is 5. The van der Waals surface area contributed by atoms with Crippen LogP contribution in [0.15, 0.2) is 54.7 Å². The summed E-state index contributed by atoms with van der Waals surface area (Å²) in [6.45, 7) is 2.85. The molecule has 1 aromatic heterocycles. The Bertz CT molecular complexity index is 1170. The molecule has 154 valence electrons. The number of amides is 2. The summed E-state index contributed by atoms with van der Waals surface area (Å²) in [5.74, 6) is -1.32. The van der Waals surface area contributed by atoms with Crippen LogP contribution in [0.2, 0.25) is 5.02 Å². The van der Waals surface area contributed by atoms with Crippen LogP contribution in [-0.4, -0.2) is 33.6 Å². The first kappa shape index (κ1) is 19.0. The van der Waals surface area contributed by atoms with Crippen molar-refractivity contribution in [2.75, 3.05) is 6.54 Å². The van der Waals surface area contributed by atoms with Gasteiger partial charge >= 0.3 is 0 Å². The molecule has 0 radical (unpaired) electrons. The number of para-hydroxylation sites is 1. The van der Waals surface area contributed by atoms with Gasteiger partial charge < -0.3 is 19.9 Å². The molecular formula is C23H22ClN3O3. The van der Waals surface area contributed by atoms with Crippen molar-refractivity contribution in [1.82, 2.24) is 9.47 Å². The van der Waals surface area contributed by atoms with Gasteiger partial charge in [0.25, 0.3) is 0 Å². The summed E-state index contributed by atoms with van der Waals surface area (Å²) in [7, 11) is 0. The van der Waals surface area contributed by atoms with Gasteiger partial charge in [0.2, 0.25) is 11.8 Å². The first-order valence-electron chi connectivity index (χ1n) is 10.0. The minimum atomic E-state index is -0.890. The Labute approximate surface area is 179 Å². The largest absolute Gasteiger partial charge is 0.468 e. The van der Waals surface area contributed by atoms with E-state index in [4.69, 9.17) is 22.1 Å². The van der Waals surface area contributed by atoms with Crippen LogP contribution in [0.3, 0.4) is 0 Å². The lowest BCUT2D eigenvalue weighted by atomic mass is 9.73. The summed E-state index contributed by atoms with van der Waals surface area (Å²) in [5, 5.41) is 1.74. The molecule has 3 heterocycles. The molecule has 1 saturated heterocycles. The second-order valence-corrected chi connectivity index (χ2v) is 8.64. The van der Waals surface area contributed by atoms with Crippen LogP contribution in [0, 0.1) is 5.92 Å². The van der Waals surface area contributed by atoms with E-state index in [1.165, 1.54) is 0 Å². The van der Waals surface area contributed by atoms with E-state index in [0.717, 1.165) is 16.5 Å². The van der Waals surface area contributed by atoms with Crippen molar-refractivity contribution >= 4 is 34.3 Å². The second kappa shape index (κ2) is 6.77. The molecular weight excluding hydrogens is 402 g/mol. The Morgan fingerprint density at radius 3 is 2.83 bits per heavy atom. The lowest BCUT2D eigenvalue weighted by Crippen LogP contribution is -2.65. The fourth-order valence-corrected chi connectivity index (χ4v) is 5.10. The Morgan fingerprint density at radius 1 is 1.23 bits per heavy atom. The highest BCUT2D eigenvalue weighted by molar-refractivity contribution is 6.31. The minimum absolute atomic E-state index is 0.271. The van der Waals surface area contributed by atoms with Gasteiger partial charge in [-0.05, 0) is 42.1 Å². The Hall–Kier alpha value is -2.99. The molecule has 0 saturated carbocycles. The molecule has 1 fully saturated rings. The van der Waals surface area contributed by atoms with Crippen molar-refractivity contribution in [3.63, 3.8) is 0 Å². The van der Waals surface area contributed by atoms with Crippen molar-refractivity contribution in [2.24, 2.45) is 11.7 Å². The number of nitrogens with zero attached hydrogens (tertiary/aromatic N) is 2. The predicted octanol–water partition coefficient (Wildman–Crippen LogP) is 3.52. The number of likely N-dealkylation sites (tertiary alicyclic amines) is 1. The zero-order valence-corrected chi connectivity index (χ0v) is 17.3. The molecule has 2 aliphatic rings. The van der Waals surface area contributed by atoms with Crippen LogP contribution >= 0.6 is 11.6 Å². The van der Waals surface area contributed by atoms with Gasteiger partial charge in [-0.25, -0.2) is 0 Å². The predicted molar refractivity (Wildman–Crippen MR) is 114 cm³/mol. The summed E-state index contributed by atoms with van der Waals surface area (Å²) >= 11 is 6.16. The van der Waals surface area contributed by atoms with Gasteiger partial charge in [0.05, 0.1) is 0 Å². The second-order valence-electron chi connectivity index (χ2n) is 8.21. The first-order valence-corrected chi connectivity index (χ1v) is 10.4. The smallest absolute Gasteiger partial charge is 0.238 e. The van der Waals surface area contributed by atoms with Gasteiger partial charge in [0.15, 0.2) is 5.72 Å². The molecule has 2 amide bonds. The Kier molecular flexibility index (Phi) is 4.29. The topological polar surface area (TPSA) is 77.6 Å². The number of hydrogen-bond acceptors (Lipinski definition) is 3. The maximum Gasteiger partial charge on any atom is 0.238 e. The number of aromatic nitrogens is 1. The average Bonchev–Trinajstić information content (AvgIpc) is 3.09. The van der Waals surface area contributed by atoms with E-state index < -0.39 is 17.6 Å². The summed E-state index contributed by atoms with van der Waals surface area (Å²) in [5.41, 5.74) is 6.73. The summed E-state index contributed by atoms with van der Waals surface area (Å²) < 4.78 is 8.36. The number of benzene rings is 2. The number of hydrogen-bond donors (Lipinski definition) is 1. The highest BCUT2D eigenvalue weighted by Crippen LogP contribution is 2.49. The molecule has 3 unspecified atom stereocenters. The van der Waals surface area contributed by atoms with Gasteiger partial charge in [0.1, 0.15) is 11.7 Å². The third kappa shape index (κ3) is 2.86. The number of primary amides is 1. The SMILES string of the molecule is CC12CC(c3ccccc3O1)C(C(N)=O)C(=O)N2CCn1ccc2ccc(Cl)cc21. The van der Waals surface area contributed by atoms with Gasteiger partial charge in [0, 0.05) is 42.2 Å². The molecule has 2 bridgehead atoms. The Balaban J connectivity index is 1.49. The van der Waals surface area contributed by atoms with Gasteiger partial charge in [-0.15, -0.1) is 0 Å². The monoisotopic (exact) mass is 423 g/mol. The molecule has 5 rings (SSSR count).